The Labute approximate surface area is 222 Å². The number of fused-ring (bicyclic) bond motifs is 2. The van der Waals surface area contributed by atoms with Crippen LogP contribution in [0.4, 0.5) is 0 Å². The van der Waals surface area contributed by atoms with Crippen molar-refractivity contribution in [1.82, 2.24) is 9.55 Å². The number of pyridine rings is 1. The lowest BCUT2D eigenvalue weighted by Crippen LogP contribution is -2.56. The second kappa shape index (κ2) is 9.72. The highest BCUT2D eigenvalue weighted by Crippen LogP contribution is 2.34. The second-order valence-electron chi connectivity index (χ2n) is 9.14. The molecule has 1 saturated heterocycles. The normalized spacial score (nSPS) is 25.1. The van der Waals surface area contributed by atoms with Crippen molar-refractivity contribution in [3.05, 3.63) is 88.3 Å². The zero-order valence-corrected chi connectivity index (χ0v) is 20.9. The lowest BCUT2D eigenvalue weighted by molar-refractivity contribution is -0.234. The molecule has 6 rings (SSSR count). The predicted molar refractivity (Wildman–Crippen MR) is 140 cm³/mol. The fourth-order valence-corrected chi connectivity index (χ4v) is 5.17. The molecule has 37 heavy (non-hydrogen) atoms. The van der Waals surface area contributed by atoms with Gasteiger partial charge in [0.05, 0.1) is 22.2 Å². The maximum Gasteiger partial charge on any atom is 0.227 e. The van der Waals surface area contributed by atoms with Gasteiger partial charge in [0, 0.05) is 41.6 Å². The van der Waals surface area contributed by atoms with Gasteiger partial charge in [-0.3, -0.25) is 4.98 Å². The SMILES string of the molecule is OCC1O[C@@H]2OC(c3cn(Cc4ccc(Cl)c(Cl)c4)c4cc(-c5cccnc5)ccc34)=N[C@@H]2C(O)[C@@H]1O. The van der Waals surface area contributed by atoms with E-state index in [1.165, 1.54) is 0 Å². The van der Waals surface area contributed by atoms with Crippen LogP contribution in [0.15, 0.2) is 72.1 Å². The maximum absolute atomic E-state index is 10.6. The highest BCUT2D eigenvalue weighted by Gasteiger charge is 2.49. The van der Waals surface area contributed by atoms with Gasteiger partial charge in [0.25, 0.3) is 0 Å². The molecule has 0 amide bonds. The predicted octanol–water partition coefficient (Wildman–Crippen LogP) is 3.64. The molecule has 2 unspecified atom stereocenters. The maximum atomic E-state index is 10.6. The average molecular weight is 540 g/mol. The highest BCUT2D eigenvalue weighted by molar-refractivity contribution is 6.42. The van der Waals surface area contributed by atoms with Crippen LogP contribution in [0.2, 0.25) is 10.0 Å². The lowest BCUT2D eigenvalue weighted by atomic mass is 9.98. The number of aliphatic hydroxyl groups excluding tert-OH is 3. The third kappa shape index (κ3) is 4.40. The third-order valence-corrected chi connectivity index (χ3v) is 7.53. The van der Waals surface area contributed by atoms with Crippen molar-refractivity contribution in [2.45, 2.75) is 37.2 Å². The Morgan fingerprint density at radius 3 is 2.59 bits per heavy atom. The molecule has 8 nitrogen and oxygen atoms in total. The van der Waals surface area contributed by atoms with E-state index >= 15 is 0 Å². The first-order valence-corrected chi connectivity index (χ1v) is 12.5. The molecular formula is C27H23Cl2N3O5. The Morgan fingerprint density at radius 1 is 0.973 bits per heavy atom. The zero-order valence-electron chi connectivity index (χ0n) is 19.4. The van der Waals surface area contributed by atoms with Gasteiger partial charge in [0.15, 0.2) is 0 Å². The van der Waals surface area contributed by atoms with Gasteiger partial charge >= 0.3 is 0 Å². The number of rotatable bonds is 5. The second-order valence-corrected chi connectivity index (χ2v) is 9.96. The Hall–Kier alpha value is -2.98. The lowest BCUT2D eigenvalue weighted by Gasteiger charge is -2.36. The Kier molecular flexibility index (Phi) is 6.40. The molecular weight excluding hydrogens is 517 g/mol. The summed E-state index contributed by atoms with van der Waals surface area (Å²) >= 11 is 12.4. The van der Waals surface area contributed by atoms with Crippen LogP contribution in [0, 0.1) is 0 Å². The van der Waals surface area contributed by atoms with E-state index in [0.717, 1.165) is 27.6 Å². The number of aliphatic imine (C=N–C) groups is 1. The van der Waals surface area contributed by atoms with Gasteiger partial charge in [-0.25, -0.2) is 4.99 Å². The number of nitrogens with zero attached hydrogens (tertiary/aromatic N) is 3. The van der Waals surface area contributed by atoms with E-state index in [1.807, 2.05) is 48.8 Å². The number of benzene rings is 2. The molecule has 190 valence electrons. The van der Waals surface area contributed by atoms with Crippen molar-refractivity contribution in [3.63, 3.8) is 0 Å². The number of aromatic nitrogens is 2. The van der Waals surface area contributed by atoms with Crippen molar-refractivity contribution in [2.24, 2.45) is 4.99 Å². The number of aliphatic hydroxyl groups is 3. The van der Waals surface area contributed by atoms with Crippen LogP contribution in [-0.4, -0.2) is 68.0 Å². The Bertz CT molecular complexity index is 1490. The van der Waals surface area contributed by atoms with Gasteiger partial charge in [0.2, 0.25) is 12.2 Å². The molecule has 4 aromatic rings. The van der Waals surface area contributed by atoms with E-state index in [1.54, 1.807) is 12.3 Å². The summed E-state index contributed by atoms with van der Waals surface area (Å²) in [5, 5.41) is 32.2. The molecule has 5 atom stereocenters. The van der Waals surface area contributed by atoms with E-state index < -0.39 is 37.3 Å². The standard InChI is InChI=1S/C27H23Cl2N3O5/c28-19-6-3-14(8-20(19)29)11-32-12-18(17-5-4-15(9-21(17)32)16-2-1-7-30-10-16)26-31-23-25(35)24(34)22(13-33)36-27(23)37-26/h1-10,12,22-25,27,33-35H,11,13H2/t22?,23-,24-,25?,27-/m1/s1. The molecule has 0 radical (unpaired) electrons. The van der Waals surface area contributed by atoms with Crippen molar-refractivity contribution in [2.75, 3.05) is 6.61 Å². The Balaban J connectivity index is 1.43. The van der Waals surface area contributed by atoms with Gasteiger partial charge in [0.1, 0.15) is 24.4 Å². The zero-order chi connectivity index (χ0) is 25.7. The molecule has 0 bridgehead atoms. The van der Waals surface area contributed by atoms with E-state index in [0.29, 0.717) is 28.1 Å². The van der Waals surface area contributed by atoms with Crippen LogP contribution in [-0.2, 0) is 16.0 Å². The summed E-state index contributed by atoms with van der Waals surface area (Å²) in [4.78, 5) is 8.81. The van der Waals surface area contributed by atoms with E-state index in [2.05, 4.69) is 20.6 Å². The number of hydrogen-bond donors (Lipinski definition) is 3. The molecule has 0 spiro atoms. The van der Waals surface area contributed by atoms with Gasteiger partial charge in [-0.1, -0.05) is 47.5 Å². The minimum Gasteiger partial charge on any atom is -0.445 e. The van der Waals surface area contributed by atoms with Crippen molar-refractivity contribution in [1.29, 1.82) is 0 Å². The molecule has 0 aliphatic carbocycles. The van der Waals surface area contributed by atoms with Gasteiger partial charge in [-0.15, -0.1) is 0 Å². The largest absolute Gasteiger partial charge is 0.445 e. The summed E-state index contributed by atoms with van der Waals surface area (Å²) < 4.78 is 13.7. The summed E-state index contributed by atoms with van der Waals surface area (Å²) in [6.45, 7) is 0.0642. The summed E-state index contributed by atoms with van der Waals surface area (Å²) in [5.41, 5.74) is 4.58. The molecule has 3 N–H and O–H groups in total. The summed E-state index contributed by atoms with van der Waals surface area (Å²) in [7, 11) is 0. The number of ether oxygens (including phenoxy) is 2. The van der Waals surface area contributed by atoms with Crippen LogP contribution in [0.1, 0.15) is 11.1 Å². The molecule has 2 aliphatic heterocycles. The molecule has 1 fully saturated rings. The first kappa shape index (κ1) is 24.4. The van der Waals surface area contributed by atoms with E-state index in [-0.39, 0.29) is 0 Å². The average Bonchev–Trinajstić information content (AvgIpc) is 3.50. The first-order valence-electron chi connectivity index (χ1n) is 11.8. The van der Waals surface area contributed by atoms with Crippen LogP contribution in [0.25, 0.3) is 22.0 Å². The molecule has 2 aromatic carbocycles. The van der Waals surface area contributed by atoms with E-state index in [9.17, 15) is 15.3 Å². The van der Waals surface area contributed by atoms with Gasteiger partial charge in [-0.05, 0) is 35.4 Å². The van der Waals surface area contributed by atoms with Gasteiger partial charge in [-0.2, -0.15) is 0 Å². The minimum absolute atomic E-state index is 0.298. The number of halogens is 2. The fourth-order valence-electron chi connectivity index (χ4n) is 4.85. The quantitative estimate of drug-likeness (QED) is 0.357. The van der Waals surface area contributed by atoms with E-state index in [4.69, 9.17) is 32.7 Å². The molecule has 4 heterocycles. The first-order chi connectivity index (χ1) is 17.9. The highest BCUT2D eigenvalue weighted by atomic mass is 35.5. The molecule has 10 heteroatoms. The molecule has 0 saturated carbocycles. The molecule has 2 aliphatic rings. The fraction of sp³-hybridized carbons (Fsp3) is 0.259. The Morgan fingerprint density at radius 2 is 1.84 bits per heavy atom. The monoisotopic (exact) mass is 539 g/mol. The van der Waals surface area contributed by atoms with Crippen molar-refractivity contribution in [3.8, 4) is 11.1 Å². The van der Waals surface area contributed by atoms with Crippen LogP contribution < -0.4 is 0 Å². The summed E-state index contributed by atoms with van der Waals surface area (Å²) in [5.74, 6) is 0.298. The minimum atomic E-state index is -1.27. The number of hydrogen-bond acceptors (Lipinski definition) is 7. The van der Waals surface area contributed by atoms with Gasteiger partial charge < -0.3 is 29.4 Å². The summed E-state index contributed by atoms with van der Waals surface area (Å²) in [6.07, 6.45) is 1.12. The van der Waals surface area contributed by atoms with Crippen molar-refractivity contribution >= 4 is 40.0 Å². The molecule has 2 aromatic heterocycles. The van der Waals surface area contributed by atoms with Crippen LogP contribution >= 0.6 is 23.2 Å². The third-order valence-electron chi connectivity index (χ3n) is 6.79. The van der Waals surface area contributed by atoms with Crippen molar-refractivity contribution < 1.29 is 24.8 Å². The smallest absolute Gasteiger partial charge is 0.227 e. The van der Waals surface area contributed by atoms with Crippen LogP contribution in [0.5, 0.6) is 0 Å². The summed E-state index contributed by atoms with van der Waals surface area (Å²) in [6, 6.07) is 14.7. The van der Waals surface area contributed by atoms with Crippen LogP contribution in [0.3, 0.4) is 0 Å². The topological polar surface area (TPSA) is 109 Å².